The van der Waals surface area contributed by atoms with E-state index in [1.807, 2.05) is 13.8 Å². The van der Waals surface area contributed by atoms with E-state index in [0.29, 0.717) is 16.7 Å². The van der Waals surface area contributed by atoms with Crippen LogP contribution in [-0.4, -0.2) is 25.8 Å². The van der Waals surface area contributed by atoms with Crippen molar-refractivity contribution in [3.05, 3.63) is 16.4 Å². The van der Waals surface area contributed by atoms with Crippen LogP contribution in [0.4, 0.5) is 0 Å². The smallest absolute Gasteiger partial charge is 0.131 e. The summed E-state index contributed by atoms with van der Waals surface area (Å²) in [6.45, 7) is 3.71. The Hall–Kier alpha value is -0.390. The molecule has 0 aliphatic rings. The summed E-state index contributed by atoms with van der Waals surface area (Å²) in [4.78, 5) is 0. The average Bonchev–Trinajstić information content (AvgIpc) is 2.31. The van der Waals surface area contributed by atoms with E-state index in [4.69, 9.17) is 17.3 Å². The maximum absolute atomic E-state index is 11.7. The molecule has 2 unspecified atom stereocenters. The number of halogens is 1. The molecule has 0 saturated carbocycles. The summed E-state index contributed by atoms with van der Waals surface area (Å²) in [7, 11) is 0.800. The fourth-order valence-electron chi connectivity index (χ4n) is 1.35. The number of hydrogen-bond donors (Lipinski definition) is 1. The van der Waals surface area contributed by atoms with E-state index < -0.39 is 10.8 Å². The first-order valence-electron chi connectivity index (χ1n) is 4.70. The minimum atomic E-state index is -0.971. The van der Waals surface area contributed by atoms with Crippen LogP contribution in [0.1, 0.15) is 18.2 Å². The van der Waals surface area contributed by atoms with Gasteiger partial charge in [-0.15, -0.1) is 0 Å². The second-order valence-electron chi connectivity index (χ2n) is 3.71. The van der Waals surface area contributed by atoms with Crippen LogP contribution in [-0.2, 0) is 23.6 Å². The lowest BCUT2D eigenvalue weighted by Gasteiger charge is -2.04. The SMILES string of the molecule is Cc1nn(C)c(Cl)c1CS(=O)CC(C)N. The summed E-state index contributed by atoms with van der Waals surface area (Å²) < 4.78 is 13.3. The number of nitrogens with two attached hydrogens (primary N) is 1. The highest BCUT2D eigenvalue weighted by atomic mass is 35.5. The lowest BCUT2D eigenvalue weighted by atomic mass is 10.3. The quantitative estimate of drug-likeness (QED) is 0.865. The van der Waals surface area contributed by atoms with E-state index in [2.05, 4.69) is 5.10 Å². The zero-order valence-electron chi connectivity index (χ0n) is 9.16. The van der Waals surface area contributed by atoms with Crippen LogP contribution in [0.5, 0.6) is 0 Å². The molecule has 0 bridgehead atoms. The van der Waals surface area contributed by atoms with Crippen molar-refractivity contribution in [2.45, 2.75) is 25.6 Å². The molecule has 0 saturated heterocycles. The Kier molecular flexibility index (Phi) is 4.31. The number of aryl methyl sites for hydroxylation is 2. The maximum Gasteiger partial charge on any atom is 0.131 e. The van der Waals surface area contributed by atoms with Crippen molar-refractivity contribution in [1.82, 2.24) is 9.78 Å². The van der Waals surface area contributed by atoms with Gasteiger partial charge in [0.2, 0.25) is 0 Å². The van der Waals surface area contributed by atoms with Crippen molar-refractivity contribution in [3.63, 3.8) is 0 Å². The maximum atomic E-state index is 11.7. The lowest BCUT2D eigenvalue weighted by Crippen LogP contribution is -2.23. The molecule has 1 heterocycles. The Labute approximate surface area is 97.2 Å². The molecule has 4 nitrogen and oxygen atoms in total. The van der Waals surface area contributed by atoms with Gasteiger partial charge in [-0.1, -0.05) is 11.6 Å². The number of hydrogen-bond acceptors (Lipinski definition) is 3. The molecule has 0 aromatic carbocycles. The molecule has 2 N–H and O–H groups in total. The van der Waals surface area contributed by atoms with Crippen molar-refractivity contribution in [2.24, 2.45) is 12.8 Å². The van der Waals surface area contributed by atoms with Crippen molar-refractivity contribution in [1.29, 1.82) is 0 Å². The van der Waals surface area contributed by atoms with Crippen LogP contribution >= 0.6 is 11.6 Å². The Morgan fingerprint density at radius 1 is 1.67 bits per heavy atom. The van der Waals surface area contributed by atoms with Gasteiger partial charge in [0.1, 0.15) is 5.15 Å². The van der Waals surface area contributed by atoms with E-state index in [1.165, 1.54) is 0 Å². The van der Waals surface area contributed by atoms with Gasteiger partial charge in [-0.25, -0.2) is 0 Å². The average molecular weight is 250 g/mol. The summed E-state index contributed by atoms with van der Waals surface area (Å²) in [6, 6.07) is -0.0541. The predicted molar refractivity (Wildman–Crippen MR) is 63.3 cm³/mol. The van der Waals surface area contributed by atoms with Crippen LogP contribution in [0.15, 0.2) is 0 Å². The second-order valence-corrected chi connectivity index (χ2v) is 5.57. The molecule has 1 aromatic heterocycles. The van der Waals surface area contributed by atoms with Crippen LogP contribution in [0.3, 0.4) is 0 Å². The van der Waals surface area contributed by atoms with Gasteiger partial charge >= 0.3 is 0 Å². The van der Waals surface area contributed by atoms with Crippen LogP contribution in [0.2, 0.25) is 5.15 Å². The zero-order chi connectivity index (χ0) is 11.6. The molecule has 0 aliphatic carbocycles. The fourth-order valence-corrected chi connectivity index (χ4v) is 3.04. The van der Waals surface area contributed by atoms with Gasteiger partial charge in [0, 0.05) is 35.2 Å². The number of nitrogens with zero attached hydrogens (tertiary/aromatic N) is 2. The standard InChI is InChI=1S/C9H16ClN3OS/c1-6(11)4-15(14)5-8-7(2)12-13(3)9(8)10/h6H,4-5,11H2,1-3H3. The molecular weight excluding hydrogens is 234 g/mol. The summed E-state index contributed by atoms with van der Waals surface area (Å²) >= 11 is 6.03. The molecule has 86 valence electrons. The van der Waals surface area contributed by atoms with Gasteiger partial charge in [0.15, 0.2) is 0 Å². The molecular formula is C9H16ClN3OS. The first-order chi connectivity index (χ1) is 6.91. The van der Waals surface area contributed by atoms with E-state index in [0.717, 1.165) is 11.3 Å². The molecule has 0 spiro atoms. The molecule has 0 amide bonds. The molecule has 1 rings (SSSR count). The van der Waals surface area contributed by atoms with Gasteiger partial charge in [0.05, 0.1) is 11.4 Å². The van der Waals surface area contributed by atoms with Gasteiger partial charge in [-0.05, 0) is 13.8 Å². The summed E-state index contributed by atoms with van der Waals surface area (Å²) in [5.74, 6) is 0.921. The Morgan fingerprint density at radius 3 is 2.67 bits per heavy atom. The molecule has 2 atom stereocenters. The third kappa shape index (κ3) is 3.29. The first-order valence-corrected chi connectivity index (χ1v) is 6.57. The van der Waals surface area contributed by atoms with Crippen LogP contribution in [0, 0.1) is 6.92 Å². The monoisotopic (exact) mass is 249 g/mol. The van der Waals surface area contributed by atoms with Gasteiger partial charge < -0.3 is 5.73 Å². The summed E-state index contributed by atoms with van der Waals surface area (Å²) in [6.07, 6.45) is 0. The largest absolute Gasteiger partial charge is 0.327 e. The molecule has 0 aliphatic heterocycles. The van der Waals surface area contributed by atoms with Crippen molar-refractivity contribution in [3.8, 4) is 0 Å². The minimum absolute atomic E-state index is 0.0541. The van der Waals surface area contributed by atoms with Crippen molar-refractivity contribution >= 4 is 22.4 Å². The van der Waals surface area contributed by atoms with Crippen LogP contribution in [0.25, 0.3) is 0 Å². The third-order valence-corrected chi connectivity index (χ3v) is 4.00. The number of aromatic nitrogens is 2. The van der Waals surface area contributed by atoms with Crippen LogP contribution < -0.4 is 5.73 Å². The lowest BCUT2D eigenvalue weighted by molar-refractivity contribution is 0.676. The van der Waals surface area contributed by atoms with E-state index in [1.54, 1.807) is 11.7 Å². The Morgan fingerprint density at radius 2 is 2.27 bits per heavy atom. The highest BCUT2D eigenvalue weighted by Crippen LogP contribution is 2.20. The van der Waals surface area contributed by atoms with Crippen molar-refractivity contribution < 1.29 is 4.21 Å². The number of rotatable bonds is 4. The zero-order valence-corrected chi connectivity index (χ0v) is 10.7. The molecule has 0 fully saturated rings. The molecule has 0 radical (unpaired) electrons. The normalized spacial score (nSPS) is 15.3. The molecule has 6 heteroatoms. The van der Waals surface area contributed by atoms with Gasteiger partial charge in [0.25, 0.3) is 0 Å². The van der Waals surface area contributed by atoms with E-state index in [-0.39, 0.29) is 6.04 Å². The van der Waals surface area contributed by atoms with E-state index >= 15 is 0 Å². The Bertz CT molecular complexity index is 376. The minimum Gasteiger partial charge on any atom is -0.327 e. The highest BCUT2D eigenvalue weighted by Gasteiger charge is 2.14. The van der Waals surface area contributed by atoms with Gasteiger partial charge in [-0.3, -0.25) is 8.89 Å². The molecule has 1 aromatic rings. The van der Waals surface area contributed by atoms with Gasteiger partial charge in [-0.2, -0.15) is 5.10 Å². The first kappa shape index (κ1) is 12.7. The topological polar surface area (TPSA) is 60.9 Å². The summed E-state index contributed by atoms with van der Waals surface area (Å²) in [5.41, 5.74) is 7.27. The molecule has 15 heavy (non-hydrogen) atoms. The van der Waals surface area contributed by atoms with Crippen molar-refractivity contribution in [2.75, 3.05) is 5.75 Å². The third-order valence-electron chi connectivity index (χ3n) is 2.02. The Balaban J connectivity index is 2.76. The predicted octanol–water partition coefficient (Wildman–Crippen LogP) is 0.978. The fraction of sp³-hybridized carbons (Fsp3) is 0.667. The highest BCUT2D eigenvalue weighted by molar-refractivity contribution is 7.84. The second kappa shape index (κ2) is 5.09. The summed E-state index contributed by atoms with van der Waals surface area (Å²) in [5, 5.41) is 4.72. The van der Waals surface area contributed by atoms with E-state index in [9.17, 15) is 4.21 Å².